The van der Waals surface area contributed by atoms with E-state index in [0.29, 0.717) is 12.8 Å². The Balaban J connectivity index is 1.71. The number of carbonyl (C=O) groups is 3. The molecule has 2 aromatic carbocycles. The number of nitrogens with zero attached hydrogens (tertiary/aromatic N) is 4. The Morgan fingerprint density at radius 2 is 1.72 bits per heavy atom. The normalized spacial score (nSPS) is 15.3. The van der Waals surface area contributed by atoms with Gasteiger partial charge in [0.1, 0.15) is 0 Å². The average molecular weight is 434 g/mol. The third-order valence-electron chi connectivity index (χ3n) is 5.64. The molecule has 1 aliphatic heterocycles. The van der Waals surface area contributed by atoms with Gasteiger partial charge in [-0.15, -0.1) is 10.2 Å². The minimum absolute atomic E-state index is 0.0601. The fraction of sp³-hybridized carbons (Fsp3) is 0.227. The van der Waals surface area contributed by atoms with Crippen LogP contribution in [0.3, 0.4) is 0 Å². The molecule has 0 bridgehead atoms. The Labute approximate surface area is 182 Å². The molecule has 10 nitrogen and oxygen atoms in total. The van der Waals surface area contributed by atoms with E-state index in [1.54, 1.807) is 6.07 Å². The number of azo groups is 1. The molecule has 2 amide bonds. The summed E-state index contributed by atoms with van der Waals surface area (Å²) < 4.78 is 0. The number of imide groups is 1. The molecule has 0 aromatic heterocycles. The summed E-state index contributed by atoms with van der Waals surface area (Å²) in [6.45, 7) is 3.78. The molecule has 0 saturated carbocycles. The maximum Gasteiger partial charge on any atom is 0.270 e. The maximum absolute atomic E-state index is 13.0. The molecule has 0 saturated heterocycles. The van der Waals surface area contributed by atoms with Gasteiger partial charge in [-0.2, -0.15) is 0 Å². The first-order valence-electron chi connectivity index (χ1n) is 9.99. The van der Waals surface area contributed by atoms with Crippen molar-refractivity contribution in [1.29, 1.82) is 0 Å². The van der Waals surface area contributed by atoms with Crippen molar-refractivity contribution in [1.82, 2.24) is 4.90 Å². The van der Waals surface area contributed by atoms with Crippen LogP contribution >= 0.6 is 0 Å². The van der Waals surface area contributed by atoms with Gasteiger partial charge in [0.25, 0.3) is 17.5 Å². The van der Waals surface area contributed by atoms with Gasteiger partial charge in [-0.05, 0) is 31.0 Å². The van der Waals surface area contributed by atoms with Gasteiger partial charge in [-0.1, -0.05) is 19.9 Å². The van der Waals surface area contributed by atoms with Crippen molar-refractivity contribution in [3.05, 3.63) is 74.5 Å². The van der Waals surface area contributed by atoms with Gasteiger partial charge >= 0.3 is 0 Å². The monoisotopic (exact) mass is 434 g/mol. The number of carbonyl (C=O) groups excluding carboxylic acids is 3. The molecule has 4 rings (SSSR count). The van der Waals surface area contributed by atoms with E-state index in [1.807, 2.05) is 13.8 Å². The van der Waals surface area contributed by atoms with E-state index in [9.17, 15) is 29.6 Å². The van der Waals surface area contributed by atoms with Gasteiger partial charge in [0, 0.05) is 29.3 Å². The number of allylic oxidation sites excluding steroid dienone is 1. The van der Waals surface area contributed by atoms with Crippen LogP contribution in [-0.2, 0) is 0 Å². The lowest BCUT2D eigenvalue weighted by atomic mass is 10.1. The molecule has 10 heteroatoms. The average Bonchev–Trinajstić information content (AvgIpc) is 3.18. The van der Waals surface area contributed by atoms with Gasteiger partial charge in [0.2, 0.25) is 5.78 Å². The maximum atomic E-state index is 13.0. The van der Waals surface area contributed by atoms with Crippen LogP contribution in [0.5, 0.6) is 0 Å². The Morgan fingerprint density at radius 3 is 2.38 bits per heavy atom. The summed E-state index contributed by atoms with van der Waals surface area (Å²) in [5, 5.41) is 29.2. The Hall–Kier alpha value is -4.21. The topological polar surface area (TPSA) is 143 Å². The number of rotatable bonds is 6. The summed E-state index contributed by atoms with van der Waals surface area (Å²) in [5.74, 6) is -2.08. The van der Waals surface area contributed by atoms with Gasteiger partial charge in [0.05, 0.1) is 21.7 Å². The largest absolute Gasteiger partial charge is 0.505 e. The highest BCUT2D eigenvalue weighted by molar-refractivity contribution is 6.23. The summed E-state index contributed by atoms with van der Waals surface area (Å²) in [7, 11) is 0. The van der Waals surface area contributed by atoms with Crippen molar-refractivity contribution < 1.29 is 24.4 Å². The number of nitro benzene ring substituents is 1. The van der Waals surface area contributed by atoms with Crippen LogP contribution in [0.1, 0.15) is 63.3 Å². The van der Waals surface area contributed by atoms with E-state index in [-0.39, 0.29) is 39.7 Å². The van der Waals surface area contributed by atoms with Crippen LogP contribution < -0.4 is 0 Å². The second-order valence-corrected chi connectivity index (χ2v) is 7.36. The van der Waals surface area contributed by atoms with E-state index in [2.05, 4.69) is 10.2 Å². The zero-order valence-corrected chi connectivity index (χ0v) is 17.2. The van der Waals surface area contributed by atoms with Crippen molar-refractivity contribution in [2.75, 3.05) is 0 Å². The lowest BCUT2D eigenvalue weighted by molar-refractivity contribution is -0.384. The molecule has 0 spiro atoms. The van der Waals surface area contributed by atoms with Crippen LogP contribution in [0, 0.1) is 10.1 Å². The highest BCUT2D eigenvalue weighted by atomic mass is 16.6. The quantitative estimate of drug-likeness (QED) is 0.305. The standard InChI is InChI=1S/C22H18N4O6/c1-3-11(4-2)25-21(29)14-6-5-7-16(17(14)22(25)30)23-24-18-19(27)13-9-8-12(26(31)32)10-15(13)20(18)28/h5-11,27H,3-4H2,1-2H3. The summed E-state index contributed by atoms with van der Waals surface area (Å²) in [4.78, 5) is 50.0. The number of benzene rings is 2. The molecule has 1 N–H and O–H groups in total. The molecule has 0 fully saturated rings. The third kappa shape index (κ3) is 3.08. The van der Waals surface area contributed by atoms with E-state index in [0.717, 1.165) is 6.07 Å². The molecule has 1 heterocycles. The number of hydrogen-bond acceptors (Lipinski definition) is 8. The summed E-state index contributed by atoms with van der Waals surface area (Å²) >= 11 is 0. The first kappa shape index (κ1) is 21.0. The first-order valence-corrected chi connectivity index (χ1v) is 9.99. The predicted octanol–water partition coefficient (Wildman–Crippen LogP) is 4.59. The molecule has 162 valence electrons. The zero-order chi connectivity index (χ0) is 23.2. The smallest absolute Gasteiger partial charge is 0.270 e. The molecule has 32 heavy (non-hydrogen) atoms. The Kier molecular flexibility index (Phi) is 5.13. The van der Waals surface area contributed by atoms with Crippen molar-refractivity contribution in [2.24, 2.45) is 10.2 Å². The molecule has 0 radical (unpaired) electrons. The molecule has 1 aliphatic carbocycles. The Morgan fingerprint density at radius 1 is 1.00 bits per heavy atom. The fourth-order valence-electron chi connectivity index (χ4n) is 3.95. The number of nitro groups is 1. The molecular formula is C22H18N4O6. The zero-order valence-electron chi connectivity index (χ0n) is 17.2. The number of non-ortho nitro benzene ring substituents is 1. The van der Waals surface area contributed by atoms with Gasteiger partial charge in [-0.25, -0.2) is 0 Å². The number of amides is 2. The van der Waals surface area contributed by atoms with E-state index in [4.69, 9.17) is 0 Å². The molecule has 0 unspecified atom stereocenters. The second kappa shape index (κ2) is 7.80. The SMILES string of the molecule is CCC(CC)N1C(=O)c2cccc(N=NC3=C(O)c4ccc([N+](=O)[O-])cc4C3=O)c2C1=O. The van der Waals surface area contributed by atoms with Crippen molar-refractivity contribution >= 4 is 34.7 Å². The van der Waals surface area contributed by atoms with Crippen molar-refractivity contribution in [3.63, 3.8) is 0 Å². The molecule has 0 atom stereocenters. The number of aliphatic hydroxyl groups is 1. The minimum atomic E-state index is -0.724. The first-order chi connectivity index (χ1) is 15.3. The lowest BCUT2D eigenvalue weighted by Gasteiger charge is -2.23. The predicted molar refractivity (Wildman–Crippen MR) is 113 cm³/mol. The third-order valence-corrected chi connectivity index (χ3v) is 5.64. The lowest BCUT2D eigenvalue weighted by Crippen LogP contribution is -2.39. The summed E-state index contributed by atoms with van der Waals surface area (Å²) in [6, 6.07) is 7.81. The van der Waals surface area contributed by atoms with Crippen LogP contribution in [0.2, 0.25) is 0 Å². The second-order valence-electron chi connectivity index (χ2n) is 7.36. The molecule has 2 aliphatic rings. The van der Waals surface area contributed by atoms with Crippen LogP contribution in [-0.4, -0.2) is 38.6 Å². The number of hydrogen-bond donors (Lipinski definition) is 1. The van der Waals surface area contributed by atoms with E-state index in [1.165, 1.54) is 29.2 Å². The van der Waals surface area contributed by atoms with Crippen molar-refractivity contribution in [3.8, 4) is 0 Å². The van der Waals surface area contributed by atoms with Gasteiger partial charge < -0.3 is 5.11 Å². The highest BCUT2D eigenvalue weighted by Crippen LogP contribution is 2.37. The number of ketones is 1. The minimum Gasteiger partial charge on any atom is -0.505 e. The molecular weight excluding hydrogens is 416 g/mol. The van der Waals surface area contributed by atoms with E-state index < -0.39 is 34.0 Å². The van der Waals surface area contributed by atoms with Gasteiger partial charge in [0.15, 0.2) is 11.5 Å². The highest BCUT2D eigenvalue weighted by Gasteiger charge is 2.40. The van der Waals surface area contributed by atoms with Crippen LogP contribution in [0.4, 0.5) is 11.4 Å². The van der Waals surface area contributed by atoms with E-state index >= 15 is 0 Å². The summed E-state index contributed by atoms with van der Waals surface area (Å²) in [5.41, 5.74) is -0.264. The number of Topliss-reactive ketones (excluding diaryl/α,β-unsaturated/α-hetero) is 1. The van der Waals surface area contributed by atoms with Gasteiger partial charge in [-0.3, -0.25) is 29.4 Å². The molecule has 2 aromatic rings. The van der Waals surface area contributed by atoms with Crippen LogP contribution in [0.25, 0.3) is 5.76 Å². The van der Waals surface area contributed by atoms with Crippen LogP contribution in [0.15, 0.2) is 52.3 Å². The number of aliphatic hydroxyl groups excluding tert-OH is 1. The number of fused-ring (bicyclic) bond motifs is 2. The fourth-order valence-corrected chi connectivity index (χ4v) is 3.95. The Bertz CT molecular complexity index is 1260. The van der Waals surface area contributed by atoms with Crippen molar-refractivity contribution in [2.45, 2.75) is 32.7 Å². The summed E-state index contributed by atoms with van der Waals surface area (Å²) in [6.07, 6.45) is 1.22.